The van der Waals surface area contributed by atoms with Gasteiger partial charge in [0.05, 0.1) is 4.92 Å². The van der Waals surface area contributed by atoms with Crippen molar-refractivity contribution in [3.8, 4) is 5.75 Å². The zero-order valence-electron chi connectivity index (χ0n) is 19.7. The Bertz CT molecular complexity index is 1100. The first-order valence-corrected chi connectivity index (χ1v) is 10.7. The molecule has 0 spiro atoms. The Balaban J connectivity index is 1.83. The third-order valence-corrected chi connectivity index (χ3v) is 4.81. The van der Waals surface area contributed by atoms with Gasteiger partial charge in [0.15, 0.2) is 0 Å². The molecule has 0 heterocycles. The van der Waals surface area contributed by atoms with E-state index in [4.69, 9.17) is 14.6 Å². The predicted molar refractivity (Wildman–Crippen MR) is 126 cm³/mol. The second-order valence-corrected chi connectivity index (χ2v) is 7.98. The number of carbonyl (C=O) groups is 4. The number of ether oxygens (including phenoxy) is 2. The van der Waals surface area contributed by atoms with Gasteiger partial charge in [0.1, 0.15) is 24.4 Å². The van der Waals surface area contributed by atoms with Crippen LogP contribution in [0.2, 0.25) is 0 Å². The monoisotopic (exact) mass is 502 g/mol. The maximum atomic E-state index is 12.4. The summed E-state index contributed by atoms with van der Waals surface area (Å²) in [5, 5.41) is 26.7. The number of non-ortho nitro benzene ring substituents is 1. The molecule has 3 amide bonds. The Morgan fingerprint density at radius 2 is 1.56 bits per heavy atom. The number of amides is 3. The number of nitrogens with zero attached hydrogens (tertiary/aromatic N) is 1. The van der Waals surface area contributed by atoms with Crippen LogP contribution >= 0.6 is 0 Å². The maximum absolute atomic E-state index is 12.4. The van der Waals surface area contributed by atoms with E-state index >= 15 is 0 Å². The van der Waals surface area contributed by atoms with Gasteiger partial charge in [0.25, 0.3) is 5.69 Å². The molecule has 0 aromatic heterocycles. The summed E-state index contributed by atoms with van der Waals surface area (Å²) in [4.78, 5) is 57.5. The van der Waals surface area contributed by atoms with Crippen LogP contribution in [-0.2, 0) is 20.9 Å². The molecule has 0 fully saturated rings. The zero-order chi connectivity index (χ0) is 26.8. The molecule has 0 radical (unpaired) electrons. The van der Waals surface area contributed by atoms with E-state index in [1.165, 1.54) is 31.2 Å². The number of nitro groups is 1. The van der Waals surface area contributed by atoms with Crippen LogP contribution in [0.3, 0.4) is 0 Å². The molecule has 13 heteroatoms. The van der Waals surface area contributed by atoms with Crippen LogP contribution in [0.1, 0.15) is 26.3 Å². The quantitative estimate of drug-likeness (QED) is 0.164. The molecule has 13 nitrogen and oxygen atoms in total. The Hall–Kier alpha value is -4.68. The lowest BCUT2D eigenvalue weighted by atomic mass is 10.0. The first kappa shape index (κ1) is 27.6. The summed E-state index contributed by atoms with van der Waals surface area (Å²) in [7, 11) is 0. The molecule has 192 valence electrons. The van der Waals surface area contributed by atoms with Crippen LogP contribution < -0.4 is 20.7 Å². The van der Waals surface area contributed by atoms with Crippen LogP contribution in [0, 0.1) is 16.0 Å². The van der Waals surface area contributed by atoms with E-state index in [2.05, 4.69) is 16.0 Å². The molecule has 2 atom stereocenters. The summed E-state index contributed by atoms with van der Waals surface area (Å²) in [5.41, 5.74) is 0.867. The smallest absolute Gasteiger partial charge is 0.465 e. The van der Waals surface area contributed by atoms with E-state index in [-0.39, 0.29) is 24.0 Å². The molecule has 36 heavy (non-hydrogen) atoms. The minimum absolute atomic E-state index is 0.0864. The van der Waals surface area contributed by atoms with Crippen molar-refractivity contribution in [2.75, 3.05) is 5.32 Å². The van der Waals surface area contributed by atoms with Gasteiger partial charge in [-0.3, -0.25) is 19.7 Å². The third kappa shape index (κ3) is 8.59. The highest BCUT2D eigenvalue weighted by Gasteiger charge is 2.26. The molecule has 0 bridgehead atoms. The van der Waals surface area contributed by atoms with Crippen LogP contribution in [-0.4, -0.2) is 46.2 Å². The van der Waals surface area contributed by atoms with Gasteiger partial charge in [-0.1, -0.05) is 26.0 Å². The number of hydrogen-bond acceptors (Lipinski definition) is 8. The molecular weight excluding hydrogens is 476 g/mol. The van der Waals surface area contributed by atoms with Gasteiger partial charge in [-0.2, -0.15) is 0 Å². The minimum atomic E-state index is -1.34. The van der Waals surface area contributed by atoms with Crippen molar-refractivity contribution in [2.24, 2.45) is 5.92 Å². The van der Waals surface area contributed by atoms with Crippen molar-refractivity contribution < 1.29 is 38.7 Å². The topological polar surface area (TPSA) is 186 Å². The summed E-state index contributed by atoms with van der Waals surface area (Å²) >= 11 is 0. The number of rotatable bonds is 10. The van der Waals surface area contributed by atoms with Gasteiger partial charge in [0.2, 0.25) is 11.8 Å². The standard InChI is InChI=1S/C23H26N4O9/c1-13(2)19(26-22(30)31)21(29)24-14(3)20(28)25-16-6-4-15(5-7-16)12-35-23(32)36-18-10-8-17(9-11-18)27(33)34/h4-11,13-14,19,26H,12H2,1-3H3,(H,24,29)(H,25,28)(H,30,31)/t14-,19-/m0/s1. The lowest BCUT2D eigenvalue weighted by Crippen LogP contribution is -2.53. The maximum Gasteiger partial charge on any atom is 0.514 e. The van der Waals surface area contributed by atoms with E-state index in [0.717, 1.165) is 0 Å². The average molecular weight is 502 g/mol. The lowest BCUT2D eigenvalue weighted by molar-refractivity contribution is -0.384. The number of nitro benzene ring substituents is 1. The average Bonchev–Trinajstić information content (AvgIpc) is 2.82. The van der Waals surface area contributed by atoms with Crippen LogP contribution in [0.5, 0.6) is 5.75 Å². The number of nitrogens with one attached hydrogen (secondary N) is 3. The lowest BCUT2D eigenvalue weighted by Gasteiger charge is -2.22. The fraction of sp³-hybridized carbons (Fsp3) is 0.304. The highest BCUT2D eigenvalue weighted by Crippen LogP contribution is 2.18. The normalized spacial score (nSPS) is 12.1. The van der Waals surface area contributed by atoms with Crippen LogP contribution in [0.25, 0.3) is 0 Å². The summed E-state index contributed by atoms with van der Waals surface area (Å²) in [6.07, 6.45) is -2.34. The van der Waals surface area contributed by atoms with Crippen molar-refractivity contribution in [2.45, 2.75) is 39.5 Å². The SMILES string of the molecule is CC(C)[C@H](NC(=O)O)C(=O)N[C@@H](C)C(=O)Nc1ccc(COC(=O)Oc2ccc([N+](=O)[O-])cc2)cc1. The summed E-state index contributed by atoms with van der Waals surface area (Å²) < 4.78 is 9.95. The van der Waals surface area contributed by atoms with Gasteiger partial charge in [-0.25, -0.2) is 9.59 Å². The van der Waals surface area contributed by atoms with Gasteiger partial charge < -0.3 is 30.5 Å². The van der Waals surface area contributed by atoms with Gasteiger partial charge >= 0.3 is 12.2 Å². The highest BCUT2D eigenvalue weighted by atomic mass is 16.7. The van der Waals surface area contributed by atoms with Crippen molar-refractivity contribution in [1.29, 1.82) is 0 Å². The summed E-state index contributed by atoms with van der Waals surface area (Å²) in [6.45, 7) is 4.68. The molecule has 2 aromatic rings. The van der Waals surface area contributed by atoms with Gasteiger partial charge in [0, 0.05) is 17.8 Å². The second kappa shape index (κ2) is 12.7. The Kier molecular flexibility index (Phi) is 9.72. The number of carbonyl (C=O) groups excluding carboxylic acids is 3. The zero-order valence-corrected chi connectivity index (χ0v) is 19.7. The molecule has 2 rings (SSSR count). The highest BCUT2D eigenvalue weighted by molar-refractivity contribution is 5.98. The van der Waals surface area contributed by atoms with Crippen molar-refractivity contribution in [3.05, 3.63) is 64.2 Å². The molecule has 0 saturated heterocycles. The fourth-order valence-corrected chi connectivity index (χ4v) is 2.88. The third-order valence-electron chi connectivity index (χ3n) is 4.81. The fourth-order valence-electron chi connectivity index (χ4n) is 2.88. The first-order chi connectivity index (χ1) is 17.0. The van der Waals surface area contributed by atoms with E-state index in [0.29, 0.717) is 11.3 Å². The Labute approximate surface area is 205 Å². The number of anilines is 1. The van der Waals surface area contributed by atoms with Gasteiger partial charge in [-0.05, 0) is 42.7 Å². The van der Waals surface area contributed by atoms with Gasteiger partial charge in [-0.15, -0.1) is 0 Å². The number of hydrogen-bond donors (Lipinski definition) is 4. The van der Waals surface area contributed by atoms with E-state index in [1.54, 1.807) is 38.1 Å². The molecule has 0 aliphatic carbocycles. The summed E-state index contributed by atoms with van der Waals surface area (Å²) in [6, 6.07) is 9.31. The minimum Gasteiger partial charge on any atom is -0.465 e. The van der Waals surface area contributed by atoms with E-state index in [9.17, 15) is 29.3 Å². The number of carboxylic acid groups (broad SMARTS) is 1. The molecule has 0 saturated carbocycles. The van der Waals surface area contributed by atoms with Crippen molar-refractivity contribution in [1.82, 2.24) is 10.6 Å². The molecule has 2 aromatic carbocycles. The van der Waals surface area contributed by atoms with E-state index in [1.807, 2.05) is 0 Å². The largest absolute Gasteiger partial charge is 0.514 e. The van der Waals surface area contributed by atoms with Crippen LogP contribution in [0.15, 0.2) is 48.5 Å². The summed E-state index contributed by atoms with van der Waals surface area (Å²) in [5.74, 6) is -1.37. The first-order valence-electron chi connectivity index (χ1n) is 10.7. The Morgan fingerprint density at radius 1 is 0.944 bits per heavy atom. The molecule has 0 aliphatic heterocycles. The Morgan fingerprint density at radius 3 is 2.08 bits per heavy atom. The predicted octanol–water partition coefficient (Wildman–Crippen LogP) is 3.05. The molecule has 0 unspecified atom stereocenters. The van der Waals surface area contributed by atoms with Crippen molar-refractivity contribution in [3.63, 3.8) is 0 Å². The molecule has 0 aliphatic rings. The van der Waals surface area contributed by atoms with E-state index < -0.39 is 41.1 Å². The van der Waals surface area contributed by atoms with Crippen molar-refractivity contribution >= 4 is 35.4 Å². The van der Waals surface area contributed by atoms with Crippen LogP contribution in [0.4, 0.5) is 21.0 Å². The molecular formula is C23H26N4O9. The molecule has 4 N–H and O–H groups in total. The number of benzene rings is 2. The second-order valence-electron chi connectivity index (χ2n) is 7.98.